The Morgan fingerprint density at radius 3 is 2.06 bits per heavy atom. The maximum Gasteiger partial charge on any atom is 0.267 e. The molecule has 96 valence electrons. The highest BCUT2D eigenvalue weighted by molar-refractivity contribution is 7.86. The van der Waals surface area contributed by atoms with Gasteiger partial charge in [-0.2, -0.15) is 8.42 Å². The molecule has 16 heavy (non-hydrogen) atoms. The molecule has 5 nitrogen and oxygen atoms in total. The second kappa shape index (κ2) is 4.60. The van der Waals surface area contributed by atoms with Gasteiger partial charge in [-0.1, -0.05) is 6.92 Å². The SMILES string of the molecule is CCC1(OS(=O)(=O)CC)COC(C)(C)OC1. The van der Waals surface area contributed by atoms with Crippen LogP contribution >= 0.6 is 0 Å². The maximum atomic E-state index is 11.5. The topological polar surface area (TPSA) is 61.8 Å². The Hall–Kier alpha value is -0.170. The molecular weight excluding hydrogens is 232 g/mol. The van der Waals surface area contributed by atoms with Crippen LogP contribution in [0.5, 0.6) is 0 Å². The molecule has 0 unspecified atom stereocenters. The van der Waals surface area contributed by atoms with E-state index >= 15 is 0 Å². The Bertz CT molecular complexity index is 323. The Balaban J connectivity index is 2.74. The van der Waals surface area contributed by atoms with Crippen molar-refractivity contribution in [2.75, 3.05) is 19.0 Å². The largest absolute Gasteiger partial charge is 0.347 e. The van der Waals surface area contributed by atoms with Crippen molar-refractivity contribution in [2.24, 2.45) is 0 Å². The quantitative estimate of drug-likeness (QED) is 0.705. The van der Waals surface area contributed by atoms with E-state index in [1.165, 1.54) is 0 Å². The summed E-state index contributed by atoms with van der Waals surface area (Å²) in [6.45, 7) is 7.46. The molecular formula is C10H20O5S. The van der Waals surface area contributed by atoms with Gasteiger partial charge < -0.3 is 9.47 Å². The molecule has 6 heteroatoms. The third-order valence-corrected chi connectivity index (χ3v) is 3.98. The number of hydrogen-bond donors (Lipinski definition) is 0. The summed E-state index contributed by atoms with van der Waals surface area (Å²) in [5, 5.41) is 0. The summed E-state index contributed by atoms with van der Waals surface area (Å²) >= 11 is 0. The summed E-state index contributed by atoms with van der Waals surface area (Å²) in [7, 11) is -3.49. The summed E-state index contributed by atoms with van der Waals surface area (Å²) in [6.07, 6.45) is 0.530. The molecule has 1 aliphatic rings. The van der Waals surface area contributed by atoms with Gasteiger partial charge >= 0.3 is 0 Å². The van der Waals surface area contributed by atoms with E-state index in [1.54, 1.807) is 20.8 Å². The molecule has 0 aromatic carbocycles. The van der Waals surface area contributed by atoms with E-state index in [2.05, 4.69) is 0 Å². The molecule has 0 N–H and O–H groups in total. The molecule has 0 atom stereocenters. The molecule has 1 heterocycles. The second-order valence-corrected chi connectivity index (χ2v) is 6.30. The molecule has 0 aromatic heterocycles. The number of ether oxygens (including phenoxy) is 2. The monoisotopic (exact) mass is 252 g/mol. The van der Waals surface area contributed by atoms with Crippen LogP contribution in [0.3, 0.4) is 0 Å². The third-order valence-electron chi connectivity index (χ3n) is 2.67. The summed E-state index contributed by atoms with van der Waals surface area (Å²) in [5.74, 6) is -0.712. The molecule has 0 radical (unpaired) electrons. The van der Waals surface area contributed by atoms with Gasteiger partial charge in [0.05, 0.1) is 19.0 Å². The first-order valence-electron chi connectivity index (χ1n) is 5.45. The zero-order chi connectivity index (χ0) is 12.4. The lowest BCUT2D eigenvalue weighted by Crippen LogP contribution is -2.53. The molecule has 0 amide bonds. The van der Waals surface area contributed by atoms with Gasteiger partial charge in [0.25, 0.3) is 10.1 Å². The highest BCUT2D eigenvalue weighted by atomic mass is 32.2. The lowest BCUT2D eigenvalue weighted by molar-refractivity contribution is -0.295. The van der Waals surface area contributed by atoms with Crippen molar-refractivity contribution in [2.45, 2.75) is 45.5 Å². The zero-order valence-corrected chi connectivity index (χ0v) is 11.1. The van der Waals surface area contributed by atoms with Gasteiger partial charge in [-0.25, -0.2) is 0 Å². The van der Waals surface area contributed by atoms with Crippen LogP contribution < -0.4 is 0 Å². The highest BCUT2D eigenvalue weighted by Crippen LogP contribution is 2.29. The van der Waals surface area contributed by atoms with Crippen molar-refractivity contribution in [3.8, 4) is 0 Å². The van der Waals surface area contributed by atoms with E-state index in [-0.39, 0.29) is 19.0 Å². The zero-order valence-electron chi connectivity index (χ0n) is 10.3. The van der Waals surface area contributed by atoms with E-state index in [1.807, 2.05) is 6.92 Å². The van der Waals surface area contributed by atoms with Crippen molar-refractivity contribution in [1.82, 2.24) is 0 Å². The van der Waals surface area contributed by atoms with Crippen molar-refractivity contribution >= 4 is 10.1 Å². The van der Waals surface area contributed by atoms with Crippen molar-refractivity contribution in [1.29, 1.82) is 0 Å². The van der Waals surface area contributed by atoms with Crippen molar-refractivity contribution in [3.63, 3.8) is 0 Å². The fraction of sp³-hybridized carbons (Fsp3) is 1.00. The standard InChI is InChI=1S/C10H20O5S/c1-5-10(15-16(11,12)6-2)7-13-9(3,4)14-8-10/h5-8H2,1-4H3. The van der Waals surface area contributed by atoms with Crippen LogP contribution in [0.4, 0.5) is 0 Å². The van der Waals surface area contributed by atoms with Crippen LogP contribution in [0.25, 0.3) is 0 Å². The van der Waals surface area contributed by atoms with Gasteiger partial charge in [-0.3, -0.25) is 4.18 Å². The fourth-order valence-corrected chi connectivity index (χ4v) is 2.20. The number of hydrogen-bond acceptors (Lipinski definition) is 5. The van der Waals surface area contributed by atoms with Crippen LogP contribution in [-0.2, 0) is 23.8 Å². The smallest absolute Gasteiger partial charge is 0.267 e. The van der Waals surface area contributed by atoms with E-state index < -0.39 is 21.5 Å². The maximum absolute atomic E-state index is 11.5. The normalized spacial score (nSPS) is 24.2. The van der Waals surface area contributed by atoms with Crippen LogP contribution in [0, 0.1) is 0 Å². The van der Waals surface area contributed by atoms with Crippen LogP contribution in [-0.4, -0.2) is 38.8 Å². The predicted molar refractivity (Wildman–Crippen MR) is 59.6 cm³/mol. The molecule has 1 rings (SSSR count). The molecule has 0 saturated carbocycles. The third kappa shape index (κ3) is 3.41. The lowest BCUT2D eigenvalue weighted by Gasteiger charge is -2.41. The number of rotatable bonds is 4. The van der Waals surface area contributed by atoms with Crippen molar-refractivity contribution in [3.05, 3.63) is 0 Å². The summed E-state index contributed by atoms with van der Waals surface area (Å²) in [6, 6.07) is 0. The van der Waals surface area contributed by atoms with E-state index in [0.717, 1.165) is 0 Å². The molecule has 0 aliphatic carbocycles. The predicted octanol–water partition coefficient (Wildman–Crippen LogP) is 1.28. The average molecular weight is 252 g/mol. The van der Waals surface area contributed by atoms with Crippen molar-refractivity contribution < 1.29 is 22.1 Å². The molecule has 1 saturated heterocycles. The Labute approximate surface area is 97.2 Å². The van der Waals surface area contributed by atoms with E-state index in [4.69, 9.17) is 13.7 Å². The van der Waals surface area contributed by atoms with Gasteiger partial charge in [0.15, 0.2) is 5.79 Å². The first-order chi connectivity index (χ1) is 7.24. The van der Waals surface area contributed by atoms with Crippen LogP contribution in [0.2, 0.25) is 0 Å². The summed E-state index contributed by atoms with van der Waals surface area (Å²) < 4.78 is 39.0. The van der Waals surface area contributed by atoms with E-state index in [0.29, 0.717) is 6.42 Å². The van der Waals surface area contributed by atoms with Crippen LogP contribution in [0.15, 0.2) is 0 Å². The molecule has 1 fully saturated rings. The second-order valence-electron chi connectivity index (χ2n) is 4.44. The summed E-state index contributed by atoms with van der Waals surface area (Å²) in [4.78, 5) is 0. The molecule has 0 bridgehead atoms. The highest BCUT2D eigenvalue weighted by Gasteiger charge is 2.42. The minimum absolute atomic E-state index is 0.0435. The fourth-order valence-electron chi connectivity index (χ4n) is 1.33. The minimum Gasteiger partial charge on any atom is -0.347 e. The van der Waals surface area contributed by atoms with Gasteiger partial charge in [0.2, 0.25) is 0 Å². The van der Waals surface area contributed by atoms with Gasteiger partial charge in [0, 0.05) is 0 Å². The molecule has 0 spiro atoms. The lowest BCUT2D eigenvalue weighted by atomic mass is 10.0. The van der Waals surface area contributed by atoms with Gasteiger partial charge in [-0.05, 0) is 27.2 Å². The first-order valence-corrected chi connectivity index (χ1v) is 7.03. The molecule has 1 aliphatic heterocycles. The Morgan fingerprint density at radius 2 is 1.69 bits per heavy atom. The minimum atomic E-state index is -3.49. The Kier molecular flexibility index (Phi) is 3.99. The average Bonchev–Trinajstić information content (AvgIpc) is 2.22. The van der Waals surface area contributed by atoms with E-state index in [9.17, 15) is 8.42 Å². The first kappa shape index (κ1) is 13.9. The summed E-state index contributed by atoms with van der Waals surface area (Å²) in [5.41, 5.74) is -0.871. The van der Waals surface area contributed by atoms with Gasteiger partial charge in [-0.15, -0.1) is 0 Å². The van der Waals surface area contributed by atoms with Crippen LogP contribution in [0.1, 0.15) is 34.1 Å². The molecule has 0 aromatic rings. The van der Waals surface area contributed by atoms with Gasteiger partial charge in [0.1, 0.15) is 5.60 Å². The Morgan fingerprint density at radius 1 is 1.19 bits per heavy atom.